The Hall–Kier alpha value is -1.99. The van der Waals surface area contributed by atoms with Crippen LogP contribution in [0.3, 0.4) is 0 Å². The zero-order chi connectivity index (χ0) is 18.2. The van der Waals surface area contributed by atoms with E-state index in [1.54, 1.807) is 0 Å². The van der Waals surface area contributed by atoms with Crippen LogP contribution in [0.2, 0.25) is 0 Å². The number of carbonyl (C=O) groups is 2. The van der Waals surface area contributed by atoms with Gasteiger partial charge in [-0.05, 0) is 24.1 Å². The molecule has 6 nitrogen and oxygen atoms in total. The first-order chi connectivity index (χ1) is 12.0. The summed E-state index contributed by atoms with van der Waals surface area (Å²) in [4.78, 5) is 26.2. The van der Waals surface area contributed by atoms with Crippen molar-refractivity contribution in [1.82, 2.24) is 15.5 Å². The van der Waals surface area contributed by atoms with Gasteiger partial charge in [-0.1, -0.05) is 19.9 Å². The van der Waals surface area contributed by atoms with E-state index < -0.39 is 11.7 Å². The van der Waals surface area contributed by atoms with Gasteiger partial charge in [-0.2, -0.15) is 0 Å². The third kappa shape index (κ3) is 6.10. The molecular weight excluding hydrogens is 325 g/mol. The molecule has 0 bridgehead atoms. The number of halogens is 1. The second kappa shape index (κ2) is 9.48. The first-order valence-electron chi connectivity index (χ1n) is 8.59. The summed E-state index contributed by atoms with van der Waals surface area (Å²) < 4.78 is 18.5. The Labute approximate surface area is 147 Å². The summed E-state index contributed by atoms with van der Waals surface area (Å²) in [6.07, 6.45) is 0. The Kier molecular flexibility index (Phi) is 7.33. The molecule has 1 saturated heterocycles. The lowest BCUT2D eigenvalue weighted by molar-refractivity contribution is -0.120. The lowest BCUT2D eigenvalue weighted by atomic mass is 10.0. The van der Waals surface area contributed by atoms with E-state index in [-0.39, 0.29) is 24.1 Å². The number of carbonyl (C=O) groups excluding carboxylic acids is 2. The molecule has 2 N–H and O–H groups in total. The summed E-state index contributed by atoms with van der Waals surface area (Å²) in [6, 6.07) is 5.59. The van der Waals surface area contributed by atoms with Crippen LogP contribution < -0.4 is 10.6 Å². The minimum Gasteiger partial charge on any atom is -0.379 e. The van der Waals surface area contributed by atoms with Crippen molar-refractivity contribution in [2.75, 3.05) is 39.4 Å². The molecule has 1 unspecified atom stereocenters. The minimum atomic E-state index is -0.484. The number of hydrogen-bond donors (Lipinski definition) is 2. The van der Waals surface area contributed by atoms with Gasteiger partial charge in [0.25, 0.3) is 5.91 Å². The molecule has 25 heavy (non-hydrogen) atoms. The van der Waals surface area contributed by atoms with E-state index in [9.17, 15) is 14.0 Å². The van der Waals surface area contributed by atoms with Crippen molar-refractivity contribution >= 4 is 11.8 Å². The summed E-state index contributed by atoms with van der Waals surface area (Å²) in [6.45, 7) is 7.76. The summed E-state index contributed by atoms with van der Waals surface area (Å²) in [7, 11) is 0. The van der Waals surface area contributed by atoms with Gasteiger partial charge in [-0.25, -0.2) is 4.39 Å². The maximum Gasteiger partial charge on any atom is 0.251 e. The van der Waals surface area contributed by atoms with E-state index in [1.807, 2.05) is 0 Å². The van der Waals surface area contributed by atoms with Crippen LogP contribution in [0.25, 0.3) is 0 Å². The zero-order valence-corrected chi connectivity index (χ0v) is 14.8. The fraction of sp³-hybridized carbons (Fsp3) is 0.556. The molecule has 1 fully saturated rings. The lowest BCUT2D eigenvalue weighted by Crippen LogP contribution is -2.52. The molecule has 2 amide bonds. The molecule has 2 rings (SSSR count). The molecule has 0 aliphatic carbocycles. The van der Waals surface area contributed by atoms with Gasteiger partial charge >= 0.3 is 0 Å². The van der Waals surface area contributed by atoms with Crippen LogP contribution in [0.5, 0.6) is 0 Å². The highest BCUT2D eigenvalue weighted by atomic mass is 19.1. The van der Waals surface area contributed by atoms with E-state index in [2.05, 4.69) is 29.4 Å². The summed E-state index contributed by atoms with van der Waals surface area (Å²) in [5, 5.41) is 5.38. The average molecular weight is 351 g/mol. The molecule has 1 aromatic rings. The predicted octanol–water partition coefficient (Wildman–Crippen LogP) is 1.03. The number of nitrogens with one attached hydrogen (secondary N) is 2. The molecular formula is C18H26FN3O3. The number of amides is 2. The van der Waals surface area contributed by atoms with Crippen LogP contribution in [-0.4, -0.2) is 62.1 Å². The highest BCUT2D eigenvalue weighted by Gasteiger charge is 2.24. The smallest absolute Gasteiger partial charge is 0.251 e. The summed E-state index contributed by atoms with van der Waals surface area (Å²) >= 11 is 0. The number of nitrogens with zero attached hydrogens (tertiary/aromatic N) is 1. The molecule has 0 radical (unpaired) electrons. The van der Waals surface area contributed by atoms with Crippen molar-refractivity contribution in [2.45, 2.75) is 19.9 Å². The van der Waals surface area contributed by atoms with Crippen LogP contribution in [0.4, 0.5) is 4.39 Å². The third-order valence-corrected chi connectivity index (χ3v) is 4.29. The topological polar surface area (TPSA) is 70.7 Å². The Morgan fingerprint density at radius 1 is 1.24 bits per heavy atom. The summed E-state index contributed by atoms with van der Waals surface area (Å²) in [5.41, 5.74) is 0.196. The monoisotopic (exact) mass is 351 g/mol. The van der Waals surface area contributed by atoms with Crippen molar-refractivity contribution in [3.8, 4) is 0 Å². The van der Waals surface area contributed by atoms with Gasteiger partial charge in [0, 0.05) is 31.2 Å². The molecule has 1 heterocycles. The van der Waals surface area contributed by atoms with E-state index in [0.717, 1.165) is 19.2 Å². The third-order valence-electron chi connectivity index (χ3n) is 4.29. The van der Waals surface area contributed by atoms with Gasteiger partial charge in [0.2, 0.25) is 5.91 Å². The molecule has 1 aliphatic heterocycles. The number of benzene rings is 1. The maximum absolute atomic E-state index is 13.1. The Morgan fingerprint density at radius 3 is 2.60 bits per heavy atom. The van der Waals surface area contributed by atoms with Gasteiger partial charge < -0.3 is 15.4 Å². The normalized spacial score (nSPS) is 16.5. The van der Waals surface area contributed by atoms with Crippen molar-refractivity contribution in [3.63, 3.8) is 0 Å². The van der Waals surface area contributed by atoms with Gasteiger partial charge in [-0.3, -0.25) is 14.5 Å². The lowest BCUT2D eigenvalue weighted by Gasteiger charge is -2.36. The summed E-state index contributed by atoms with van der Waals surface area (Å²) in [5.74, 6) is -0.824. The first-order valence-corrected chi connectivity index (χ1v) is 8.59. The SMILES string of the molecule is CC(C)C(CNC(=O)CNC(=O)c1cccc(F)c1)N1CCOCC1. The van der Waals surface area contributed by atoms with Crippen LogP contribution >= 0.6 is 0 Å². The number of morpholine rings is 1. The van der Waals surface area contributed by atoms with Crippen molar-refractivity contribution in [1.29, 1.82) is 0 Å². The van der Waals surface area contributed by atoms with Crippen LogP contribution in [-0.2, 0) is 9.53 Å². The Bertz CT molecular complexity index is 589. The number of hydrogen-bond acceptors (Lipinski definition) is 4. The highest BCUT2D eigenvalue weighted by Crippen LogP contribution is 2.12. The van der Waals surface area contributed by atoms with Crippen molar-refractivity contribution in [3.05, 3.63) is 35.6 Å². The number of ether oxygens (including phenoxy) is 1. The van der Waals surface area contributed by atoms with E-state index in [4.69, 9.17) is 4.74 Å². The molecule has 0 saturated carbocycles. The van der Waals surface area contributed by atoms with Gasteiger partial charge in [0.1, 0.15) is 5.82 Å². The molecule has 0 spiro atoms. The molecule has 1 aliphatic rings. The predicted molar refractivity (Wildman–Crippen MR) is 92.8 cm³/mol. The molecule has 138 valence electrons. The standard InChI is InChI=1S/C18H26FN3O3/c1-13(2)16(22-6-8-25-9-7-22)11-20-17(23)12-21-18(24)14-4-3-5-15(19)10-14/h3-5,10,13,16H,6-9,11-12H2,1-2H3,(H,20,23)(H,21,24). The van der Waals surface area contributed by atoms with Crippen LogP contribution in [0.15, 0.2) is 24.3 Å². The fourth-order valence-corrected chi connectivity index (χ4v) is 2.87. The van der Waals surface area contributed by atoms with Gasteiger partial charge in [0.05, 0.1) is 19.8 Å². The molecule has 7 heteroatoms. The van der Waals surface area contributed by atoms with E-state index >= 15 is 0 Å². The van der Waals surface area contributed by atoms with Crippen molar-refractivity contribution < 1.29 is 18.7 Å². The van der Waals surface area contributed by atoms with Crippen LogP contribution in [0.1, 0.15) is 24.2 Å². The molecule has 1 aromatic carbocycles. The average Bonchev–Trinajstić information content (AvgIpc) is 2.60. The highest BCUT2D eigenvalue weighted by molar-refractivity contribution is 5.96. The Balaban J connectivity index is 1.77. The second-order valence-electron chi connectivity index (χ2n) is 6.46. The quantitative estimate of drug-likeness (QED) is 0.770. The Morgan fingerprint density at radius 2 is 1.96 bits per heavy atom. The zero-order valence-electron chi connectivity index (χ0n) is 14.8. The fourth-order valence-electron chi connectivity index (χ4n) is 2.87. The minimum absolute atomic E-state index is 0.136. The second-order valence-corrected chi connectivity index (χ2v) is 6.46. The largest absolute Gasteiger partial charge is 0.379 e. The van der Waals surface area contributed by atoms with Gasteiger partial charge in [-0.15, -0.1) is 0 Å². The van der Waals surface area contributed by atoms with E-state index in [1.165, 1.54) is 18.2 Å². The molecule has 1 atom stereocenters. The first kappa shape index (κ1) is 19.3. The van der Waals surface area contributed by atoms with E-state index in [0.29, 0.717) is 25.7 Å². The van der Waals surface area contributed by atoms with Gasteiger partial charge in [0.15, 0.2) is 0 Å². The number of rotatable bonds is 7. The van der Waals surface area contributed by atoms with Crippen molar-refractivity contribution in [2.24, 2.45) is 5.92 Å². The van der Waals surface area contributed by atoms with Crippen LogP contribution in [0, 0.1) is 11.7 Å². The molecule has 0 aromatic heterocycles. The maximum atomic E-state index is 13.1.